The summed E-state index contributed by atoms with van der Waals surface area (Å²) in [6.45, 7) is 3.06. The molecule has 0 amide bonds. The summed E-state index contributed by atoms with van der Waals surface area (Å²) in [5.41, 5.74) is 9.23. The molecule has 2 fully saturated rings. The lowest BCUT2D eigenvalue weighted by Gasteiger charge is -2.27. The minimum atomic E-state index is 0.128. The van der Waals surface area contributed by atoms with Gasteiger partial charge in [0.2, 0.25) is 0 Å². The van der Waals surface area contributed by atoms with Crippen molar-refractivity contribution in [2.24, 2.45) is 11.7 Å². The second-order valence-electron chi connectivity index (χ2n) is 6.09. The maximum atomic E-state index is 6.46. The standard InChI is InChI=1S/C17H25NO/c1-2-16-15(10-11-19-16)17(18)14-8-6-13(7-9-14)12-4-3-5-12/h6-9,12,15-17H,2-5,10-11,18H2,1H3. The zero-order valence-corrected chi connectivity index (χ0v) is 11.8. The molecule has 1 saturated carbocycles. The smallest absolute Gasteiger partial charge is 0.0619 e. The van der Waals surface area contributed by atoms with E-state index in [9.17, 15) is 0 Å². The molecule has 1 aromatic rings. The number of hydrogen-bond acceptors (Lipinski definition) is 2. The summed E-state index contributed by atoms with van der Waals surface area (Å²) < 4.78 is 5.77. The fourth-order valence-corrected chi connectivity index (χ4v) is 3.48. The van der Waals surface area contributed by atoms with Gasteiger partial charge in [-0.05, 0) is 42.7 Å². The van der Waals surface area contributed by atoms with Gasteiger partial charge < -0.3 is 10.5 Å². The van der Waals surface area contributed by atoms with Gasteiger partial charge in [-0.1, -0.05) is 37.6 Å². The van der Waals surface area contributed by atoms with Gasteiger partial charge in [-0.25, -0.2) is 0 Å². The van der Waals surface area contributed by atoms with Crippen LogP contribution < -0.4 is 5.73 Å². The molecule has 0 bridgehead atoms. The van der Waals surface area contributed by atoms with Crippen molar-refractivity contribution in [2.75, 3.05) is 6.61 Å². The second kappa shape index (κ2) is 5.64. The van der Waals surface area contributed by atoms with Crippen LogP contribution in [0, 0.1) is 5.92 Å². The normalized spacial score (nSPS) is 29.2. The van der Waals surface area contributed by atoms with E-state index in [2.05, 4.69) is 31.2 Å². The predicted molar refractivity (Wildman–Crippen MR) is 78.1 cm³/mol. The van der Waals surface area contributed by atoms with Gasteiger partial charge >= 0.3 is 0 Å². The molecule has 1 aromatic carbocycles. The molecule has 3 rings (SSSR count). The molecule has 0 aromatic heterocycles. The van der Waals surface area contributed by atoms with Gasteiger partial charge in [-0.3, -0.25) is 0 Å². The summed E-state index contributed by atoms with van der Waals surface area (Å²) in [5, 5.41) is 0. The number of nitrogens with two attached hydrogens (primary N) is 1. The summed E-state index contributed by atoms with van der Waals surface area (Å²) in [5.74, 6) is 1.29. The molecular weight excluding hydrogens is 234 g/mol. The highest BCUT2D eigenvalue weighted by atomic mass is 16.5. The monoisotopic (exact) mass is 259 g/mol. The van der Waals surface area contributed by atoms with Crippen molar-refractivity contribution in [2.45, 2.75) is 57.1 Å². The third-order valence-electron chi connectivity index (χ3n) is 5.02. The van der Waals surface area contributed by atoms with E-state index in [0.29, 0.717) is 12.0 Å². The molecule has 2 aliphatic rings. The Labute approximate surface area is 116 Å². The molecule has 104 valence electrons. The first-order valence-corrected chi connectivity index (χ1v) is 7.76. The average Bonchev–Trinajstić information content (AvgIpc) is 2.85. The van der Waals surface area contributed by atoms with Crippen LogP contribution in [0.2, 0.25) is 0 Å². The summed E-state index contributed by atoms with van der Waals surface area (Å²) in [7, 11) is 0. The Hall–Kier alpha value is -0.860. The second-order valence-corrected chi connectivity index (χ2v) is 6.09. The van der Waals surface area contributed by atoms with E-state index < -0.39 is 0 Å². The SMILES string of the molecule is CCC1OCCC1C(N)c1ccc(C2CCC2)cc1. The van der Waals surface area contributed by atoms with Gasteiger partial charge in [0.15, 0.2) is 0 Å². The van der Waals surface area contributed by atoms with Crippen LogP contribution in [0.4, 0.5) is 0 Å². The van der Waals surface area contributed by atoms with Gasteiger partial charge in [0.1, 0.15) is 0 Å². The molecule has 2 N–H and O–H groups in total. The molecule has 0 spiro atoms. The van der Waals surface area contributed by atoms with Gasteiger partial charge in [0.25, 0.3) is 0 Å². The molecule has 0 radical (unpaired) electrons. The fourth-order valence-electron chi connectivity index (χ4n) is 3.48. The minimum Gasteiger partial charge on any atom is -0.378 e. The first kappa shape index (κ1) is 13.1. The van der Waals surface area contributed by atoms with Crippen LogP contribution in [0.15, 0.2) is 24.3 Å². The van der Waals surface area contributed by atoms with Crippen LogP contribution in [-0.2, 0) is 4.74 Å². The average molecular weight is 259 g/mol. The van der Waals surface area contributed by atoms with Crippen molar-refractivity contribution in [3.63, 3.8) is 0 Å². The Morgan fingerprint density at radius 2 is 1.95 bits per heavy atom. The molecule has 1 aliphatic carbocycles. The van der Waals surface area contributed by atoms with E-state index in [1.807, 2.05) is 0 Å². The summed E-state index contributed by atoms with van der Waals surface area (Å²) in [6.07, 6.45) is 6.63. The molecule has 2 heteroatoms. The lowest BCUT2D eigenvalue weighted by atomic mass is 9.79. The van der Waals surface area contributed by atoms with E-state index >= 15 is 0 Å². The highest BCUT2D eigenvalue weighted by Gasteiger charge is 2.32. The van der Waals surface area contributed by atoms with Gasteiger partial charge in [-0.2, -0.15) is 0 Å². The van der Waals surface area contributed by atoms with E-state index in [1.165, 1.54) is 30.4 Å². The van der Waals surface area contributed by atoms with E-state index in [4.69, 9.17) is 10.5 Å². The summed E-state index contributed by atoms with van der Waals surface area (Å²) in [4.78, 5) is 0. The van der Waals surface area contributed by atoms with E-state index in [-0.39, 0.29) is 6.04 Å². The number of hydrogen-bond donors (Lipinski definition) is 1. The van der Waals surface area contributed by atoms with Crippen molar-refractivity contribution in [1.29, 1.82) is 0 Å². The Kier molecular flexibility index (Phi) is 3.90. The Balaban J connectivity index is 1.70. The van der Waals surface area contributed by atoms with Crippen molar-refractivity contribution in [3.05, 3.63) is 35.4 Å². The maximum absolute atomic E-state index is 6.46. The minimum absolute atomic E-state index is 0.128. The summed E-state index contributed by atoms with van der Waals surface area (Å²) in [6, 6.07) is 9.18. The number of benzene rings is 1. The topological polar surface area (TPSA) is 35.2 Å². The van der Waals surface area contributed by atoms with Gasteiger partial charge in [0, 0.05) is 18.6 Å². The van der Waals surface area contributed by atoms with Crippen LogP contribution in [-0.4, -0.2) is 12.7 Å². The lowest BCUT2D eigenvalue weighted by Crippen LogP contribution is -2.28. The summed E-state index contributed by atoms with van der Waals surface area (Å²) >= 11 is 0. The van der Waals surface area contributed by atoms with Gasteiger partial charge in [-0.15, -0.1) is 0 Å². The lowest BCUT2D eigenvalue weighted by molar-refractivity contribution is 0.0813. The Bertz CT molecular complexity index is 410. The van der Waals surface area contributed by atoms with E-state index in [0.717, 1.165) is 25.4 Å². The number of rotatable bonds is 4. The first-order chi connectivity index (χ1) is 9.29. The zero-order valence-electron chi connectivity index (χ0n) is 11.8. The van der Waals surface area contributed by atoms with Crippen LogP contribution in [0.25, 0.3) is 0 Å². The molecule has 1 aliphatic heterocycles. The molecule has 19 heavy (non-hydrogen) atoms. The quantitative estimate of drug-likeness (QED) is 0.893. The van der Waals surface area contributed by atoms with E-state index in [1.54, 1.807) is 0 Å². The fraction of sp³-hybridized carbons (Fsp3) is 0.647. The molecule has 1 saturated heterocycles. The van der Waals surface area contributed by atoms with Crippen molar-refractivity contribution >= 4 is 0 Å². The highest BCUT2D eigenvalue weighted by Crippen LogP contribution is 2.38. The highest BCUT2D eigenvalue weighted by molar-refractivity contribution is 5.29. The predicted octanol–water partition coefficient (Wildman–Crippen LogP) is 3.77. The molecule has 3 unspecified atom stereocenters. The maximum Gasteiger partial charge on any atom is 0.0619 e. The third-order valence-corrected chi connectivity index (χ3v) is 5.02. The Morgan fingerprint density at radius 1 is 1.21 bits per heavy atom. The van der Waals surface area contributed by atoms with Crippen LogP contribution >= 0.6 is 0 Å². The third kappa shape index (κ3) is 2.56. The zero-order chi connectivity index (χ0) is 13.2. The molecule has 2 nitrogen and oxygen atoms in total. The largest absolute Gasteiger partial charge is 0.378 e. The number of ether oxygens (including phenoxy) is 1. The van der Waals surface area contributed by atoms with Crippen molar-refractivity contribution in [3.8, 4) is 0 Å². The molecule has 1 heterocycles. The van der Waals surface area contributed by atoms with Crippen molar-refractivity contribution < 1.29 is 4.74 Å². The Morgan fingerprint density at radius 3 is 2.53 bits per heavy atom. The molecule has 3 atom stereocenters. The van der Waals surface area contributed by atoms with Crippen LogP contribution in [0.5, 0.6) is 0 Å². The van der Waals surface area contributed by atoms with Crippen LogP contribution in [0.3, 0.4) is 0 Å². The van der Waals surface area contributed by atoms with Crippen molar-refractivity contribution in [1.82, 2.24) is 0 Å². The van der Waals surface area contributed by atoms with Crippen LogP contribution in [0.1, 0.15) is 62.1 Å². The first-order valence-electron chi connectivity index (χ1n) is 7.76. The van der Waals surface area contributed by atoms with Gasteiger partial charge in [0.05, 0.1) is 6.10 Å². The molecular formula is C17H25NO.